The molecule has 0 aliphatic carbocycles. The molecular formula is C18H26F3N5. The predicted octanol–water partition coefficient (Wildman–Crippen LogP) is 1.71. The molecule has 4 rings (SSSR count). The lowest BCUT2D eigenvalue weighted by atomic mass is 10.1. The Hall–Kier alpha value is -1.80. The molecule has 8 heteroatoms. The Kier molecular flexibility index (Phi) is 5.72. The van der Waals surface area contributed by atoms with Gasteiger partial charge in [0.2, 0.25) is 0 Å². The van der Waals surface area contributed by atoms with E-state index in [0.29, 0.717) is 12.6 Å². The van der Waals surface area contributed by atoms with Crippen LogP contribution in [0.3, 0.4) is 0 Å². The zero-order chi connectivity index (χ0) is 18.7. The second-order valence-electron chi connectivity index (χ2n) is 6.97. The number of piperazine rings is 3. The first-order valence-corrected chi connectivity index (χ1v) is 8.91. The van der Waals surface area contributed by atoms with Crippen molar-refractivity contribution >= 4 is 5.96 Å². The smallest absolute Gasteiger partial charge is 0.355 e. The molecule has 1 aromatic rings. The summed E-state index contributed by atoms with van der Waals surface area (Å²) in [5.41, 5.74) is 0.192. The van der Waals surface area contributed by atoms with E-state index in [1.807, 2.05) is 11.9 Å². The molecule has 144 valence electrons. The van der Waals surface area contributed by atoms with Crippen molar-refractivity contribution in [3.63, 3.8) is 0 Å². The van der Waals surface area contributed by atoms with E-state index in [1.165, 1.54) is 12.1 Å². The minimum atomic E-state index is -4.30. The van der Waals surface area contributed by atoms with E-state index in [9.17, 15) is 13.2 Å². The number of benzene rings is 1. The van der Waals surface area contributed by atoms with Gasteiger partial charge in [0.25, 0.3) is 0 Å². The molecule has 5 nitrogen and oxygen atoms in total. The van der Waals surface area contributed by atoms with Crippen LogP contribution in [-0.4, -0.2) is 80.1 Å². The van der Waals surface area contributed by atoms with Crippen molar-refractivity contribution in [2.45, 2.75) is 18.8 Å². The van der Waals surface area contributed by atoms with Crippen LogP contribution in [0.5, 0.6) is 0 Å². The molecule has 0 amide bonds. The number of rotatable bonds is 4. The molecule has 0 radical (unpaired) electrons. The lowest BCUT2D eigenvalue weighted by Crippen LogP contribution is -2.63. The number of hydrogen-bond acceptors (Lipinski definition) is 3. The third kappa shape index (κ3) is 4.48. The number of halogens is 3. The lowest BCUT2D eigenvalue weighted by Gasteiger charge is -2.47. The van der Waals surface area contributed by atoms with Crippen molar-refractivity contribution in [2.75, 3.05) is 53.4 Å². The molecule has 3 aliphatic heterocycles. The summed E-state index contributed by atoms with van der Waals surface area (Å²) in [6.45, 7) is 6.93. The second-order valence-corrected chi connectivity index (χ2v) is 6.97. The van der Waals surface area contributed by atoms with Gasteiger partial charge in [0.05, 0.1) is 5.56 Å². The zero-order valence-corrected chi connectivity index (χ0v) is 15.3. The number of alkyl halides is 3. The minimum Gasteiger partial charge on any atom is -0.355 e. The fraction of sp³-hybridized carbons (Fsp3) is 0.611. The maximum absolute atomic E-state index is 12.7. The van der Waals surface area contributed by atoms with Crippen molar-refractivity contribution in [3.05, 3.63) is 35.4 Å². The molecule has 3 aliphatic rings. The maximum Gasteiger partial charge on any atom is 0.416 e. The molecule has 0 spiro atoms. The number of fused-ring (bicyclic) bond motifs is 3. The highest BCUT2D eigenvalue weighted by molar-refractivity contribution is 5.79. The number of guanidine groups is 1. The minimum absolute atomic E-state index is 0.480. The normalized spacial score (nSPS) is 26.0. The van der Waals surface area contributed by atoms with Crippen LogP contribution < -0.4 is 5.32 Å². The molecule has 0 aromatic heterocycles. The summed E-state index contributed by atoms with van der Waals surface area (Å²) in [6.07, 6.45) is -4.30. The van der Waals surface area contributed by atoms with Crippen molar-refractivity contribution in [1.82, 2.24) is 20.0 Å². The number of nitrogens with one attached hydrogen (secondary N) is 1. The largest absolute Gasteiger partial charge is 0.416 e. The van der Waals surface area contributed by atoms with Crippen LogP contribution in [0.15, 0.2) is 29.3 Å². The summed E-state index contributed by atoms with van der Waals surface area (Å²) in [5.74, 6) is 0.752. The predicted molar refractivity (Wildman–Crippen MR) is 96.1 cm³/mol. The van der Waals surface area contributed by atoms with Crippen LogP contribution in [0.2, 0.25) is 0 Å². The molecule has 2 bridgehead atoms. The van der Waals surface area contributed by atoms with E-state index in [0.717, 1.165) is 62.9 Å². The molecule has 3 heterocycles. The summed E-state index contributed by atoms with van der Waals surface area (Å²) in [5, 5.41) is 3.41. The first kappa shape index (κ1) is 19.0. The highest BCUT2D eigenvalue weighted by Crippen LogP contribution is 2.29. The summed E-state index contributed by atoms with van der Waals surface area (Å²) in [4.78, 5) is 11.2. The van der Waals surface area contributed by atoms with Gasteiger partial charge in [0, 0.05) is 66.0 Å². The van der Waals surface area contributed by atoms with E-state index >= 15 is 0 Å². The highest BCUT2D eigenvalue weighted by Gasteiger charge is 2.32. The quantitative estimate of drug-likeness (QED) is 0.647. The van der Waals surface area contributed by atoms with E-state index in [4.69, 9.17) is 0 Å². The molecular weight excluding hydrogens is 343 g/mol. The van der Waals surface area contributed by atoms with Gasteiger partial charge < -0.3 is 10.2 Å². The Morgan fingerprint density at radius 2 is 1.85 bits per heavy atom. The third-order valence-corrected chi connectivity index (χ3v) is 5.16. The van der Waals surface area contributed by atoms with Gasteiger partial charge in [-0.15, -0.1) is 0 Å². The van der Waals surface area contributed by atoms with Crippen molar-refractivity contribution < 1.29 is 13.2 Å². The van der Waals surface area contributed by atoms with Crippen LogP contribution in [0.4, 0.5) is 13.2 Å². The van der Waals surface area contributed by atoms with E-state index in [-0.39, 0.29) is 0 Å². The van der Waals surface area contributed by atoms with E-state index < -0.39 is 11.7 Å². The fourth-order valence-corrected chi connectivity index (χ4v) is 3.66. The Balaban J connectivity index is 1.53. The van der Waals surface area contributed by atoms with E-state index in [2.05, 4.69) is 20.1 Å². The first-order chi connectivity index (χ1) is 12.4. The van der Waals surface area contributed by atoms with Crippen LogP contribution in [0.25, 0.3) is 0 Å². The Bertz CT molecular complexity index is 621. The number of nitrogens with zero attached hydrogens (tertiary/aromatic N) is 4. The van der Waals surface area contributed by atoms with Crippen LogP contribution >= 0.6 is 0 Å². The van der Waals surface area contributed by atoms with Crippen molar-refractivity contribution in [3.8, 4) is 0 Å². The average molecular weight is 369 g/mol. The van der Waals surface area contributed by atoms with Gasteiger partial charge in [-0.05, 0) is 17.7 Å². The topological polar surface area (TPSA) is 34.1 Å². The molecule has 1 aromatic carbocycles. The van der Waals surface area contributed by atoms with Crippen LogP contribution in [0, 0.1) is 0 Å². The molecule has 26 heavy (non-hydrogen) atoms. The lowest BCUT2D eigenvalue weighted by molar-refractivity contribution is -0.137. The van der Waals surface area contributed by atoms with Gasteiger partial charge in [-0.25, -0.2) is 0 Å². The maximum atomic E-state index is 12.7. The highest BCUT2D eigenvalue weighted by atomic mass is 19.4. The Morgan fingerprint density at radius 3 is 2.35 bits per heavy atom. The standard InChI is InChI=1S/C18H26F3N5/c1-22-17(23-11-16-13-25-7-9-26(16)10-8-25)24(2)12-14-3-5-15(6-4-14)18(19,20)21/h3-6,16H,7-13H2,1-2H3,(H,22,23). The zero-order valence-electron chi connectivity index (χ0n) is 15.3. The second kappa shape index (κ2) is 7.84. The summed E-state index contributed by atoms with van der Waals surface area (Å²) in [7, 11) is 3.62. The summed E-state index contributed by atoms with van der Waals surface area (Å²) in [6, 6.07) is 5.77. The molecule has 3 fully saturated rings. The molecule has 1 unspecified atom stereocenters. The van der Waals surface area contributed by atoms with Gasteiger partial charge in [-0.2, -0.15) is 13.2 Å². The number of aliphatic imine (C=N–C) groups is 1. The summed E-state index contributed by atoms with van der Waals surface area (Å²) < 4.78 is 38.0. The van der Waals surface area contributed by atoms with Crippen LogP contribution in [0.1, 0.15) is 11.1 Å². The number of hydrogen-bond donors (Lipinski definition) is 1. The van der Waals surface area contributed by atoms with Gasteiger partial charge in [-0.3, -0.25) is 14.8 Å². The Morgan fingerprint density at radius 1 is 1.19 bits per heavy atom. The SMILES string of the molecule is CN=C(NCC1CN2CCN1CC2)N(C)Cc1ccc(C(F)(F)F)cc1. The van der Waals surface area contributed by atoms with Crippen LogP contribution in [-0.2, 0) is 12.7 Å². The fourth-order valence-electron chi connectivity index (χ4n) is 3.66. The first-order valence-electron chi connectivity index (χ1n) is 8.91. The monoisotopic (exact) mass is 369 g/mol. The van der Waals surface area contributed by atoms with Gasteiger partial charge in [0.1, 0.15) is 0 Å². The average Bonchev–Trinajstić information content (AvgIpc) is 2.63. The Labute approximate surface area is 152 Å². The molecule has 1 N–H and O–H groups in total. The molecule has 1 atom stereocenters. The summed E-state index contributed by atoms with van der Waals surface area (Å²) >= 11 is 0. The molecule has 3 saturated heterocycles. The third-order valence-electron chi connectivity index (χ3n) is 5.16. The van der Waals surface area contributed by atoms with Crippen molar-refractivity contribution in [1.29, 1.82) is 0 Å². The van der Waals surface area contributed by atoms with Crippen molar-refractivity contribution in [2.24, 2.45) is 4.99 Å². The molecule has 0 saturated carbocycles. The van der Waals surface area contributed by atoms with Gasteiger partial charge in [0.15, 0.2) is 5.96 Å². The van der Waals surface area contributed by atoms with Gasteiger partial charge >= 0.3 is 6.18 Å². The van der Waals surface area contributed by atoms with E-state index in [1.54, 1.807) is 7.05 Å². The van der Waals surface area contributed by atoms with Gasteiger partial charge in [-0.1, -0.05) is 12.1 Å².